The third-order valence-corrected chi connectivity index (χ3v) is 18.7. The van der Waals surface area contributed by atoms with E-state index < -0.39 is 24.4 Å². The van der Waals surface area contributed by atoms with E-state index >= 15 is 0 Å². The minimum Gasteiger partial charge on any atom is -0.374 e. The second-order valence-electron chi connectivity index (χ2n) is 18.9. The van der Waals surface area contributed by atoms with Gasteiger partial charge in [0.2, 0.25) is 0 Å². The summed E-state index contributed by atoms with van der Waals surface area (Å²) >= 11 is 2.51. The van der Waals surface area contributed by atoms with E-state index in [9.17, 15) is 13.2 Å². The summed E-state index contributed by atoms with van der Waals surface area (Å²) in [6, 6.07) is 2.00. The first-order valence-corrected chi connectivity index (χ1v) is 22.5. The van der Waals surface area contributed by atoms with Crippen LogP contribution in [0.5, 0.6) is 0 Å². The lowest BCUT2D eigenvalue weighted by atomic mass is 9.62. The van der Waals surface area contributed by atoms with Crippen LogP contribution in [0.15, 0.2) is 0 Å². The smallest absolute Gasteiger partial charge is 0.109 e. The van der Waals surface area contributed by atoms with Gasteiger partial charge in [-0.15, -0.1) is 0 Å². The first kappa shape index (κ1) is 33.9. The van der Waals surface area contributed by atoms with Crippen LogP contribution in [0.4, 0.5) is 13.2 Å². The Morgan fingerprint density at radius 2 is 1.02 bits per heavy atom. The Bertz CT molecular complexity index is 1060. The predicted octanol–water partition coefficient (Wildman–Crippen LogP) is 11.0. The second-order valence-corrected chi connectivity index (χ2v) is 20.2. The van der Waals surface area contributed by atoms with Crippen molar-refractivity contribution in [1.29, 1.82) is 0 Å². The van der Waals surface area contributed by atoms with E-state index in [1.807, 2.05) is 0 Å². The molecule has 0 amide bonds. The van der Waals surface area contributed by atoms with Gasteiger partial charge in [-0.25, -0.2) is 13.2 Å². The van der Waals surface area contributed by atoms with Gasteiger partial charge in [-0.05, 0) is 138 Å². The van der Waals surface area contributed by atoms with Crippen molar-refractivity contribution in [2.75, 3.05) is 0 Å². The van der Waals surface area contributed by atoms with E-state index in [1.54, 1.807) is 0 Å². The molecular weight excluding hydrogens is 624 g/mol. The molecule has 0 spiro atoms. The molecule has 0 aromatic carbocycles. The van der Waals surface area contributed by atoms with Crippen molar-refractivity contribution >= 4 is 11.8 Å². The zero-order valence-electron chi connectivity index (χ0n) is 29.8. The first-order chi connectivity index (χ1) is 23.5. The zero-order valence-corrected chi connectivity index (χ0v) is 30.6. The van der Waals surface area contributed by atoms with Crippen LogP contribution in [0.2, 0.25) is 0 Å². The molecule has 11 unspecified atom stereocenters. The van der Waals surface area contributed by atoms with Gasteiger partial charge in [0.1, 0.15) is 18.5 Å². The van der Waals surface area contributed by atoms with Gasteiger partial charge in [-0.2, -0.15) is 11.8 Å². The lowest BCUT2D eigenvalue weighted by Gasteiger charge is -2.51. The molecule has 2 heterocycles. The molecule has 272 valence electrons. The van der Waals surface area contributed by atoms with Crippen molar-refractivity contribution < 1.29 is 17.9 Å². The normalized spacial score (nSPS) is 53.1. The second kappa shape index (κ2) is 14.5. The van der Waals surface area contributed by atoms with Crippen LogP contribution < -0.4 is 0 Å². The summed E-state index contributed by atoms with van der Waals surface area (Å²) in [5, 5.41) is 1.79. The van der Waals surface area contributed by atoms with Gasteiger partial charge in [-0.3, -0.25) is 4.90 Å². The van der Waals surface area contributed by atoms with E-state index in [4.69, 9.17) is 4.74 Å². The van der Waals surface area contributed by atoms with Crippen LogP contribution in [-0.4, -0.2) is 64.2 Å². The molecule has 9 aliphatic rings. The molecule has 9 fully saturated rings. The topological polar surface area (TPSA) is 12.5 Å². The van der Waals surface area contributed by atoms with E-state index in [0.29, 0.717) is 30.3 Å². The molecule has 2 saturated heterocycles. The van der Waals surface area contributed by atoms with Crippen LogP contribution in [-0.2, 0) is 4.74 Å². The highest BCUT2D eigenvalue weighted by Gasteiger charge is 2.60. The number of alkyl halides is 3. The van der Waals surface area contributed by atoms with E-state index in [1.165, 1.54) is 116 Å². The van der Waals surface area contributed by atoms with Crippen molar-refractivity contribution in [3.8, 4) is 0 Å². The van der Waals surface area contributed by atoms with Crippen LogP contribution in [0.3, 0.4) is 0 Å². The molecule has 7 saturated carbocycles. The summed E-state index contributed by atoms with van der Waals surface area (Å²) in [6.45, 7) is 0. The van der Waals surface area contributed by atoms with Gasteiger partial charge in [0.05, 0.1) is 12.2 Å². The van der Waals surface area contributed by atoms with Crippen LogP contribution >= 0.6 is 11.8 Å². The molecule has 0 radical (unpaired) electrons. The number of fused-ring (bicyclic) bond motifs is 7. The van der Waals surface area contributed by atoms with Crippen molar-refractivity contribution in [3.63, 3.8) is 0 Å². The third kappa shape index (κ3) is 6.28. The molecule has 0 bridgehead atoms. The van der Waals surface area contributed by atoms with E-state index in [2.05, 4.69) is 16.7 Å². The Balaban J connectivity index is 0.849. The number of hydrogen-bond acceptors (Lipinski definition) is 3. The Hall–Kier alpha value is 0.0600. The maximum atomic E-state index is 15.0. The summed E-state index contributed by atoms with van der Waals surface area (Å²) in [5.41, 5.74) is 0. The summed E-state index contributed by atoms with van der Waals surface area (Å²) in [4.78, 5) is 3.04. The molecule has 9 rings (SSSR count). The zero-order chi connectivity index (χ0) is 32.4. The molecule has 2 nitrogen and oxygen atoms in total. The highest BCUT2D eigenvalue weighted by molar-refractivity contribution is 8.00. The lowest BCUT2D eigenvalue weighted by molar-refractivity contribution is -0.0344. The van der Waals surface area contributed by atoms with Gasteiger partial charge in [0, 0.05) is 53.3 Å². The first-order valence-electron chi connectivity index (χ1n) is 21.5. The summed E-state index contributed by atoms with van der Waals surface area (Å²) in [6.07, 6.45) is 26.4. The third-order valence-electron chi connectivity index (χ3n) is 16.7. The Morgan fingerprint density at radius 3 is 1.75 bits per heavy atom. The number of thioether (sulfide) groups is 1. The molecule has 11 atom stereocenters. The summed E-state index contributed by atoms with van der Waals surface area (Å²) < 4.78 is 50.6. The van der Waals surface area contributed by atoms with Crippen LogP contribution in [0, 0.1) is 47.3 Å². The summed E-state index contributed by atoms with van der Waals surface area (Å²) in [7, 11) is 0. The van der Waals surface area contributed by atoms with Crippen LogP contribution in [0.25, 0.3) is 0 Å². The highest BCUT2D eigenvalue weighted by Crippen LogP contribution is 2.63. The molecule has 0 aromatic heterocycles. The van der Waals surface area contributed by atoms with Crippen molar-refractivity contribution in [3.05, 3.63) is 0 Å². The molecule has 7 aliphatic carbocycles. The van der Waals surface area contributed by atoms with Gasteiger partial charge < -0.3 is 4.74 Å². The molecule has 0 N–H and O–H groups in total. The van der Waals surface area contributed by atoms with Gasteiger partial charge in [0.15, 0.2) is 0 Å². The van der Waals surface area contributed by atoms with Gasteiger partial charge in [-0.1, -0.05) is 38.5 Å². The molecule has 0 aromatic rings. The fraction of sp³-hybridized carbons (Fsp3) is 1.00. The van der Waals surface area contributed by atoms with Crippen molar-refractivity contribution in [2.24, 2.45) is 47.3 Å². The summed E-state index contributed by atoms with van der Waals surface area (Å²) in [5.74, 6) is 5.04. The van der Waals surface area contributed by atoms with E-state index in [0.717, 1.165) is 71.7 Å². The molecule has 2 aliphatic heterocycles. The Kier molecular flexibility index (Phi) is 10.2. The average Bonchev–Trinajstić information content (AvgIpc) is 3.68. The average molecular weight is 690 g/mol. The molecule has 48 heavy (non-hydrogen) atoms. The monoisotopic (exact) mass is 689 g/mol. The fourth-order valence-electron chi connectivity index (χ4n) is 14.7. The minimum atomic E-state index is -1.30. The largest absolute Gasteiger partial charge is 0.374 e. The minimum absolute atomic E-state index is 0.0820. The SMILES string of the molecule is FC1CC(F)C(C2CCC(N(C3CCCCC3)C3CCC(C4CCCC5C6CCC7OC8CCCCC8C7C6SC45)CC3)CC2)C(F)C1. The predicted molar refractivity (Wildman–Crippen MR) is 190 cm³/mol. The molecule has 6 heteroatoms. The van der Waals surface area contributed by atoms with Crippen molar-refractivity contribution in [1.82, 2.24) is 4.90 Å². The Labute approximate surface area is 294 Å². The standard InChI is InChI=1S/C42H66F3NOS/c43-27-23-35(44)39(36(45)24-27)26-15-19-30(20-16-26)46(28-7-2-1-3-8-28)29-17-13-25(14-18-29)31-10-6-11-32-33-21-22-38-40(42(33)48-41(31)32)34-9-4-5-12-37(34)47-38/h25-42H,1-24H2. The maximum absolute atomic E-state index is 15.0. The lowest BCUT2D eigenvalue weighted by Crippen LogP contribution is -2.53. The quantitative estimate of drug-likeness (QED) is 0.285. The van der Waals surface area contributed by atoms with Crippen LogP contribution in [0.1, 0.15) is 154 Å². The van der Waals surface area contributed by atoms with Gasteiger partial charge >= 0.3 is 0 Å². The highest BCUT2D eigenvalue weighted by atomic mass is 32.2. The van der Waals surface area contributed by atoms with Gasteiger partial charge in [0.25, 0.3) is 0 Å². The van der Waals surface area contributed by atoms with E-state index in [-0.39, 0.29) is 18.8 Å². The molecular formula is C42H66F3NOS. The Morgan fingerprint density at radius 1 is 0.438 bits per heavy atom. The van der Waals surface area contributed by atoms with Crippen molar-refractivity contribution in [2.45, 2.75) is 213 Å². The number of rotatable bonds is 5. The fourth-order valence-corrected chi connectivity index (χ4v) is 17.2. The number of halogens is 3. The number of nitrogens with zero attached hydrogens (tertiary/aromatic N) is 1. The number of ether oxygens (including phenoxy) is 1. The number of hydrogen-bond donors (Lipinski definition) is 0. The maximum Gasteiger partial charge on any atom is 0.109 e.